The Labute approximate surface area is 171 Å². The highest BCUT2D eigenvalue weighted by Gasteiger charge is 2.13. The van der Waals surface area contributed by atoms with E-state index in [2.05, 4.69) is 20.4 Å². The topological polar surface area (TPSA) is 80.5 Å². The number of carbonyl (C=O) groups is 1. The zero-order valence-corrected chi connectivity index (χ0v) is 16.3. The quantitative estimate of drug-likeness (QED) is 0.619. The second-order valence-corrected chi connectivity index (χ2v) is 7.29. The number of benzene rings is 2. The zero-order chi connectivity index (χ0) is 20.1. The summed E-state index contributed by atoms with van der Waals surface area (Å²) < 4.78 is 23.9. The van der Waals surface area contributed by atoms with Crippen LogP contribution >= 0.6 is 11.8 Å². The van der Waals surface area contributed by atoms with Crippen molar-refractivity contribution in [1.82, 2.24) is 10.2 Å². The van der Waals surface area contributed by atoms with Crippen molar-refractivity contribution < 1.29 is 18.3 Å². The first-order chi connectivity index (χ1) is 14.2. The molecule has 150 valence electrons. The predicted molar refractivity (Wildman–Crippen MR) is 109 cm³/mol. The molecule has 1 aromatic heterocycles. The van der Waals surface area contributed by atoms with Crippen LogP contribution in [-0.2, 0) is 9.53 Å². The molecule has 2 heterocycles. The van der Waals surface area contributed by atoms with Gasteiger partial charge in [-0.2, -0.15) is 0 Å². The molecule has 2 aromatic carbocycles. The number of anilines is 2. The first kappa shape index (κ1) is 19.4. The predicted octanol–water partition coefficient (Wildman–Crippen LogP) is 3.44. The van der Waals surface area contributed by atoms with E-state index in [-0.39, 0.29) is 28.6 Å². The molecule has 3 aromatic rings. The van der Waals surface area contributed by atoms with E-state index in [0.717, 1.165) is 49.4 Å². The molecule has 1 N–H and O–H groups in total. The fraction of sp³-hybridized carbons (Fsp3) is 0.250. The van der Waals surface area contributed by atoms with Crippen LogP contribution in [0.15, 0.2) is 58.2 Å². The molecule has 9 heteroatoms. The Morgan fingerprint density at radius 3 is 2.52 bits per heavy atom. The minimum atomic E-state index is -0.336. The molecule has 0 bridgehead atoms. The molecule has 1 aliphatic heterocycles. The molecule has 0 spiro atoms. The van der Waals surface area contributed by atoms with Gasteiger partial charge in [0, 0.05) is 30.0 Å². The lowest BCUT2D eigenvalue weighted by Gasteiger charge is -2.28. The number of carbonyl (C=O) groups excluding carboxylic acids is 1. The summed E-state index contributed by atoms with van der Waals surface area (Å²) in [6, 6.07) is 13.5. The number of rotatable bonds is 6. The normalized spacial score (nSPS) is 14.0. The number of nitrogens with one attached hydrogen (secondary N) is 1. The number of morpholine rings is 1. The second kappa shape index (κ2) is 9.06. The minimum Gasteiger partial charge on any atom is -0.411 e. The fourth-order valence-electron chi connectivity index (χ4n) is 2.88. The molecular weight excluding hydrogens is 395 g/mol. The van der Waals surface area contributed by atoms with Gasteiger partial charge in [-0.15, -0.1) is 10.2 Å². The van der Waals surface area contributed by atoms with Crippen LogP contribution in [-0.4, -0.2) is 48.2 Å². The number of ether oxygens (including phenoxy) is 1. The number of amides is 1. The summed E-state index contributed by atoms with van der Waals surface area (Å²) in [7, 11) is 0. The van der Waals surface area contributed by atoms with E-state index in [1.807, 2.05) is 24.3 Å². The van der Waals surface area contributed by atoms with Gasteiger partial charge in [-0.25, -0.2) is 4.39 Å². The Kier molecular flexibility index (Phi) is 6.06. The molecule has 0 aliphatic carbocycles. The lowest BCUT2D eigenvalue weighted by molar-refractivity contribution is -0.113. The largest absolute Gasteiger partial charge is 0.411 e. The monoisotopic (exact) mass is 414 g/mol. The minimum absolute atomic E-state index is 0.135. The molecule has 29 heavy (non-hydrogen) atoms. The average molecular weight is 414 g/mol. The van der Waals surface area contributed by atoms with Gasteiger partial charge in [0.2, 0.25) is 11.8 Å². The highest BCUT2D eigenvalue weighted by Crippen LogP contribution is 2.24. The molecule has 4 rings (SSSR count). The van der Waals surface area contributed by atoms with E-state index < -0.39 is 0 Å². The van der Waals surface area contributed by atoms with Crippen molar-refractivity contribution in [3.8, 4) is 11.5 Å². The molecule has 1 fully saturated rings. The van der Waals surface area contributed by atoms with Gasteiger partial charge in [0.25, 0.3) is 5.22 Å². The molecule has 1 amide bonds. The molecule has 0 radical (unpaired) electrons. The highest BCUT2D eigenvalue weighted by atomic mass is 32.2. The van der Waals surface area contributed by atoms with Crippen molar-refractivity contribution in [2.75, 3.05) is 42.3 Å². The number of halogens is 1. The number of thioether (sulfide) groups is 1. The van der Waals surface area contributed by atoms with Gasteiger partial charge in [-0.3, -0.25) is 4.79 Å². The molecule has 1 aliphatic rings. The molecule has 1 saturated heterocycles. The molecule has 0 atom stereocenters. The molecule has 0 unspecified atom stereocenters. The van der Waals surface area contributed by atoms with Crippen molar-refractivity contribution >= 4 is 29.0 Å². The number of aromatic nitrogens is 2. The number of hydrogen-bond donors (Lipinski definition) is 1. The van der Waals surface area contributed by atoms with Gasteiger partial charge >= 0.3 is 0 Å². The lowest BCUT2D eigenvalue weighted by atomic mass is 10.2. The van der Waals surface area contributed by atoms with Crippen LogP contribution in [0.5, 0.6) is 0 Å². The first-order valence-corrected chi connectivity index (χ1v) is 10.1. The molecule has 7 nitrogen and oxygen atoms in total. The Hall–Kier alpha value is -2.91. The maximum absolute atomic E-state index is 13.0. The van der Waals surface area contributed by atoms with Crippen LogP contribution in [0.3, 0.4) is 0 Å². The third-order valence-corrected chi connectivity index (χ3v) is 5.17. The number of hydrogen-bond acceptors (Lipinski definition) is 7. The highest BCUT2D eigenvalue weighted by molar-refractivity contribution is 7.99. The fourth-order valence-corrected chi connectivity index (χ4v) is 3.44. The summed E-state index contributed by atoms with van der Waals surface area (Å²) in [5, 5.41) is 11.0. The Bertz CT molecular complexity index is 957. The zero-order valence-electron chi connectivity index (χ0n) is 15.5. The van der Waals surface area contributed by atoms with Crippen LogP contribution in [0.2, 0.25) is 0 Å². The Morgan fingerprint density at radius 2 is 1.79 bits per heavy atom. The lowest BCUT2D eigenvalue weighted by Crippen LogP contribution is -2.36. The molecular formula is C20H19FN4O3S. The Balaban J connectivity index is 1.28. The van der Waals surface area contributed by atoms with Gasteiger partial charge in [-0.05, 0) is 48.5 Å². The molecule has 0 saturated carbocycles. The summed E-state index contributed by atoms with van der Waals surface area (Å²) in [5.74, 6) is -0.0872. The Morgan fingerprint density at radius 1 is 1.07 bits per heavy atom. The van der Waals surface area contributed by atoms with Crippen LogP contribution in [0.4, 0.5) is 15.8 Å². The van der Waals surface area contributed by atoms with E-state index >= 15 is 0 Å². The summed E-state index contributed by atoms with van der Waals surface area (Å²) in [6.07, 6.45) is 0. The van der Waals surface area contributed by atoms with E-state index in [1.165, 1.54) is 12.1 Å². The van der Waals surface area contributed by atoms with Crippen LogP contribution < -0.4 is 10.2 Å². The van der Waals surface area contributed by atoms with E-state index in [4.69, 9.17) is 9.15 Å². The third-order valence-electron chi connectivity index (χ3n) is 4.35. The van der Waals surface area contributed by atoms with Gasteiger partial charge in [0.05, 0.1) is 19.0 Å². The van der Waals surface area contributed by atoms with Crippen LogP contribution in [0.1, 0.15) is 0 Å². The second-order valence-electron chi connectivity index (χ2n) is 6.36. The van der Waals surface area contributed by atoms with Crippen molar-refractivity contribution in [3.05, 3.63) is 54.3 Å². The smallest absolute Gasteiger partial charge is 0.277 e. The van der Waals surface area contributed by atoms with Gasteiger partial charge < -0.3 is 19.4 Å². The standard InChI is InChI=1S/C20H19FN4O3S/c21-15-3-1-14(2-4-15)19-23-24-20(28-19)29-13-18(26)22-16-5-7-17(8-6-16)25-9-11-27-12-10-25/h1-8H,9-13H2,(H,22,26). The van der Waals surface area contributed by atoms with Gasteiger partial charge in [0.15, 0.2) is 0 Å². The van der Waals surface area contributed by atoms with Crippen molar-refractivity contribution in [2.24, 2.45) is 0 Å². The van der Waals surface area contributed by atoms with Crippen molar-refractivity contribution in [3.63, 3.8) is 0 Å². The maximum Gasteiger partial charge on any atom is 0.277 e. The summed E-state index contributed by atoms with van der Waals surface area (Å²) >= 11 is 1.14. The summed E-state index contributed by atoms with van der Waals surface area (Å²) in [6.45, 7) is 3.20. The van der Waals surface area contributed by atoms with Crippen molar-refractivity contribution in [1.29, 1.82) is 0 Å². The average Bonchev–Trinajstić information content (AvgIpc) is 3.23. The van der Waals surface area contributed by atoms with E-state index in [9.17, 15) is 9.18 Å². The third kappa shape index (κ3) is 5.12. The van der Waals surface area contributed by atoms with E-state index in [1.54, 1.807) is 12.1 Å². The van der Waals surface area contributed by atoms with Crippen LogP contribution in [0, 0.1) is 5.82 Å². The van der Waals surface area contributed by atoms with Crippen LogP contribution in [0.25, 0.3) is 11.5 Å². The summed E-state index contributed by atoms with van der Waals surface area (Å²) in [5.41, 5.74) is 2.46. The van der Waals surface area contributed by atoms with Gasteiger partial charge in [-0.1, -0.05) is 11.8 Å². The first-order valence-electron chi connectivity index (χ1n) is 9.12. The van der Waals surface area contributed by atoms with E-state index in [0.29, 0.717) is 5.56 Å². The SMILES string of the molecule is O=C(CSc1nnc(-c2ccc(F)cc2)o1)Nc1ccc(N2CCOCC2)cc1. The van der Waals surface area contributed by atoms with Crippen molar-refractivity contribution in [2.45, 2.75) is 5.22 Å². The maximum atomic E-state index is 13.0. The summed E-state index contributed by atoms with van der Waals surface area (Å²) in [4.78, 5) is 14.4. The number of nitrogens with zero attached hydrogens (tertiary/aromatic N) is 3. The van der Waals surface area contributed by atoms with Gasteiger partial charge in [0.1, 0.15) is 5.82 Å².